The molecule has 0 radical (unpaired) electrons. The maximum atomic E-state index is 13.3. The maximum absolute atomic E-state index is 13.3. The highest BCUT2D eigenvalue weighted by molar-refractivity contribution is 5.89. The van der Waals surface area contributed by atoms with Crippen LogP contribution in [-0.2, 0) is 9.53 Å². The topological polar surface area (TPSA) is 26.3 Å². The molecule has 2 aliphatic heterocycles. The van der Waals surface area contributed by atoms with Crippen LogP contribution < -0.4 is 24.0 Å². The molecule has 4 rings (SSSR count). The van der Waals surface area contributed by atoms with Crippen molar-refractivity contribution in [3.8, 4) is 0 Å². The predicted molar refractivity (Wildman–Crippen MR) is 123 cm³/mol. The summed E-state index contributed by atoms with van der Waals surface area (Å²) in [5, 5.41) is 0. The van der Waals surface area contributed by atoms with Crippen LogP contribution in [0, 0.1) is 11.8 Å². The van der Waals surface area contributed by atoms with E-state index in [1.165, 1.54) is 48.0 Å². The highest BCUT2D eigenvalue weighted by Crippen LogP contribution is 2.45. The summed E-state index contributed by atoms with van der Waals surface area (Å²) in [5.74, 6) is 0.652. The molecule has 3 unspecified atom stereocenters. The van der Waals surface area contributed by atoms with Gasteiger partial charge in [0.2, 0.25) is 0 Å². The highest BCUT2D eigenvalue weighted by atomic mass is 127. The fraction of sp³-hybridized carbons (Fsp3) is 0.667. The first-order valence-corrected chi connectivity index (χ1v) is 12.4. The minimum atomic E-state index is -0.0914. The lowest BCUT2D eigenvalue weighted by molar-refractivity contribution is -0.969. The zero-order valence-electron chi connectivity index (χ0n) is 19.6. The van der Waals surface area contributed by atoms with Gasteiger partial charge in [0.25, 0.3) is 0 Å². The molecule has 1 aromatic rings. The van der Waals surface area contributed by atoms with E-state index in [1.54, 1.807) is 0 Å². The van der Waals surface area contributed by atoms with Crippen LogP contribution in [0.2, 0.25) is 0 Å². The Balaban J connectivity index is 0.00000272. The van der Waals surface area contributed by atoms with Crippen LogP contribution in [0.25, 0.3) is 5.57 Å². The number of fused-ring (bicyclic) bond motifs is 2. The minimum absolute atomic E-state index is 0. The van der Waals surface area contributed by atoms with E-state index in [-0.39, 0.29) is 42.0 Å². The molecule has 3 aliphatic rings. The quantitative estimate of drug-likeness (QED) is 0.304. The van der Waals surface area contributed by atoms with Gasteiger partial charge >= 0.3 is 5.97 Å². The fourth-order valence-electron chi connectivity index (χ4n) is 6.82. The molecular weight excluding hydrogens is 497 g/mol. The van der Waals surface area contributed by atoms with Crippen LogP contribution in [0.1, 0.15) is 77.7 Å². The first kappa shape index (κ1) is 24.8. The van der Waals surface area contributed by atoms with Gasteiger partial charge < -0.3 is 33.2 Å². The van der Waals surface area contributed by atoms with Crippen molar-refractivity contribution in [3.63, 3.8) is 0 Å². The Bertz CT molecular complexity index is 746. The number of carbonyl (C=O) groups excluding carboxylic acids is 1. The van der Waals surface area contributed by atoms with Crippen molar-refractivity contribution in [1.29, 1.82) is 0 Å². The number of rotatable bonds is 7. The van der Waals surface area contributed by atoms with Crippen molar-refractivity contribution in [1.82, 2.24) is 0 Å². The molecule has 2 fully saturated rings. The molecule has 4 heteroatoms. The Morgan fingerprint density at radius 1 is 1.10 bits per heavy atom. The zero-order valence-corrected chi connectivity index (χ0v) is 21.7. The first-order chi connectivity index (χ1) is 14.5. The summed E-state index contributed by atoms with van der Waals surface area (Å²) >= 11 is 0. The number of esters is 1. The average molecular weight is 538 g/mol. The summed E-state index contributed by atoms with van der Waals surface area (Å²) in [6.45, 7) is 9.63. The first-order valence-electron chi connectivity index (χ1n) is 12.4. The Labute approximate surface area is 206 Å². The van der Waals surface area contributed by atoms with E-state index in [0.717, 1.165) is 38.0 Å². The second kappa shape index (κ2) is 10.8. The Kier molecular flexibility index (Phi) is 8.65. The molecule has 1 aromatic carbocycles. The standard InChI is InChI=1S/C27H40NO2.HI/c1-4-16-28(19-20(2)3)22-14-15-23(28)18-24(17-22)30-27(29)26-13-9-8-12-25(26)21-10-6-5-7-11-21;/h5-7,10-12,20,22-24,26H,4,8-9,13-19H2,1-3H3;1H/q+1;/p-1/t22-,23+,24?,26?,28?;. The van der Waals surface area contributed by atoms with E-state index in [4.69, 9.17) is 4.74 Å². The van der Waals surface area contributed by atoms with Gasteiger partial charge in [0.05, 0.1) is 31.1 Å². The molecule has 2 heterocycles. The van der Waals surface area contributed by atoms with Gasteiger partial charge in [-0.25, -0.2) is 0 Å². The summed E-state index contributed by atoms with van der Waals surface area (Å²) in [7, 11) is 0. The van der Waals surface area contributed by atoms with Crippen LogP contribution in [-0.4, -0.2) is 41.7 Å². The number of hydrogen-bond acceptors (Lipinski definition) is 2. The number of allylic oxidation sites excluding steroid dienone is 1. The van der Waals surface area contributed by atoms with Crippen LogP contribution in [0.3, 0.4) is 0 Å². The van der Waals surface area contributed by atoms with E-state index >= 15 is 0 Å². The van der Waals surface area contributed by atoms with Gasteiger partial charge in [-0.1, -0.05) is 57.2 Å². The van der Waals surface area contributed by atoms with E-state index in [2.05, 4.69) is 51.1 Å². The number of benzene rings is 1. The third-order valence-electron chi connectivity index (χ3n) is 7.81. The lowest BCUT2D eigenvalue weighted by atomic mass is 9.83. The molecule has 2 saturated heterocycles. The predicted octanol–water partition coefficient (Wildman–Crippen LogP) is 2.99. The van der Waals surface area contributed by atoms with E-state index in [1.807, 2.05) is 6.07 Å². The molecule has 5 atom stereocenters. The van der Waals surface area contributed by atoms with Gasteiger partial charge in [0.15, 0.2) is 0 Å². The lowest BCUT2D eigenvalue weighted by Gasteiger charge is -2.50. The Hall–Kier alpha value is -0.880. The molecule has 172 valence electrons. The molecule has 31 heavy (non-hydrogen) atoms. The van der Waals surface area contributed by atoms with Crippen LogP contribution in [0.4, 0.5) is 0 Å². The summed E-state index contributed by atoms with van der Waals surface area (Å²) < 4.78 is 7.54. The monoisotopic (exact) mass is 537 g/mol. The van der Waals surface area contributed by atoms with Crippen LogP contribution in [0.5, 0.6) is 0 Å². The largest absolute Gasteiger partial charge is 1.00 e. The maximum Gasteiger partial charge on any atom is 0.313 e. The average Bonchev–Trinajstić information content (AvgIpc) is 2.91. The van der Waals surface area contributed by atoms with Gasteiger partial charge in [-0.2, -0.15) is 0 Å². The summed E-state index contributed by atoms with van der Waals surface area (Å²) in [4.78, 5) is 13.3. The van der Waals surface area contributed by atoms with Crippen molar-refractivity contribution < 1.29 is 38.0 Å². The van der Waals surface area contributed by atoms with Gasteiger partial charge in [0.1, 0.15) is 6.10 Å². The lowest BCUT2D eigenvalue weighted by Crippen LogP contribution is -3.00. The SMILES string of the molecule is CCC[N+]1(CC(C)C)[C@@H]2CC[C@H]1CC(OC(=O)C1CCCC=C1c1ccccc1)C2.[I-]. The fourth-order valence-corrected chi connectivity index (χ4v) is 6.82. The molecule has 0 N–H and O–H groups in total. The number of piperidine rings is 1. The van der Waals surface area contributed by atoms with Crippen molar-refractivity contribution >= 4 is 11.5 Å². The molecule has 0 spiro atoms. The molecule has 2 bridgehead atoms. The molecule has 1 aliphatic carbocycles. The third-order valence-corrected chi connectivity index (χ3v) is 7.81. The summed E-state index contributed by atoms with van der Waals surface area (Å²) in [6, 6.07) is 11.8. The molecular formula is C27H40INO2. The summed E-state index contributed by atoms with van der Waals surface area (Å²) in [5.41, 5.74) is 2.36. The number of halogens is 1. The molecule has 3 nitrogen and oxygen atoms in total. The zero-order chi connectivity index (χ0) is 21.1. The molecule has 0 saturated carbocycles. The minimum Gasteiger partial charge on any atom is -1.00 e. The van der Waals surface area contributed by atoms with Crippen LogP contribution >= 0.6 is 0 Å². The van der Waals surface area contributed by atoms with Crippen molar-refractivity contribution in [3.05, 3.63) is 42.0 Å². The number of carbonyl (C=O) groups is 1. The van der Waals surface area contributed by atoms with Gasteiger partial charge in [-0.15, -0.1) is 0 Å². The van der Waals surface area contributed by atoms with E-state index in [0.29, 0.717) is 12.1 Å². The summed E-state index contributed by atoms with van der Waals surface area (Å²) in [6.07, 6.45) is 11.4. The van der Waals surface area contributed by atoms with Gasteiger partial charge in [0, 0.05) is 31.6 Å². The molecule has 0 aromatic heterocycles. The second-order valence-corrected chi connectivity index (χ2v) is 10.3. The van der Waals surface area contributed by atoms with Gasteiger partial charge in [-0.05, 0) is 36.8 Å². The number of nitrogens with zero attached hydrogens (tertiary/aromatic N) is 1. The second-order valence-electron chi connectivity index (χ2n) is 10.3. The number of ether oxygens (including phenoxy) is 1. The van der Waals surface area contributed by atoms with Crippen molar-refractivity contribution in [2.24, 2.45) is 11.8 Å². The Morgan fingerprint density at radius 2 is 1.77 bits per heavy atom. The van der Waals surface area contributed by atoms with Gasteiger partial charge in [-0.3, -0.25) is 4.79 Å². The smallest absolute Gasteiger partial charge is 0.313 e. The highest BCUT2D eigenvalue weighted by Gasteiger charge is 2.54. The third kappa shape index (κ3) is 5.21. The van der Waals surface area contributed by atoms with Crippen molar-refractivity contribution in [2.45, 2.75) is 90.3 Å². The van der Waals surface area contributed by atoms with E-state index < -0.39 is 0 Å². The number of hydrogen-bond donors (Lipinski definition) is 0. The normalized spacial score (nSPS) is 32.3. The Morgan fingerprint density at radius 3 is 2.39 bits per heavy atom. The van der Waals surface area contributed by atoms with E-state index in [9.17, 15) is 4.79 Å². The number of quaternary nitrogens is 1. The molecule has 0 amide bonds. The van der Waals surface area contributed by atoms with Crippen LogP contribution in [0.15, 0.2) is 36.4 Å². The van der Waals surface area contributed by atoms with Crippen molar-refractivity contribution in [2.75, 3.05) is 13.1 Å².